The minimum absolute atomic E-state index is 0. The van der Waals surface area contributed by atoms with Crippen LogP contribution in [0.25, 0.3) is 0 Å². The molecule has 9 heterocycles. The number of halogens is 8. The van der Waals surface area contributed by atoms with E-state index in [0.29, 0.717) is 47.8 Å². The first-order valence-corrected chi connectivity index (χ1v) is 47.4. The maximum atomic E-state index is 11.8. The van der Waals surface area contributed by atoms with E-state index in [2.05, 4.69) is 187 Å². The second kappa shape index (κ2) is 54.5. The number of nitrogens with one attached hydrogen (secondary N) is 3. The van der Waals surface area contributed by atoms with Crippen LogP contribution >= 0.6 is 123 Å². The van der Waals surface area contributed by atoms with Crippen molar-refractivity contribution < 1.29 is 87.5 Å². The number of aliphatic carboxylic acids is 2. The molecule has 8 aromatic heterocycles. The van der Waals surface area contributed by atoms with E-state index in [4.69, 9.17) is 41.4 Å². The van der Waals surface area contributed by atoms with Crippen LogP contribution in [0.3, 0.4) is 0 Å². The van der Waals surface area contributed by atoms with Crippen molar-refractivity contribution in [3.63, 3.8) is 0 Å². The molecular weight excluding hydrogens is 2050 g/mol. The second-order valence-corrected chi connectivity index (χ2v) is 44.1. The smallest absolute Gasteiger partial charge is 0.549 e. The van der Waals surface area contributed by atoms with Gasteiger partial charge in [0.2, 0.25) is 11.8 Å². The Labute approximate surface area is 800 Å². The van der Waals surface area contributed by atoms with Crippen LogP contribution in [-0.2, 0) is 83.2 Å². The van der Waals surface area contributed by atoms with Gasteiger partial charge in [0, 0.05) is 115 Å². The fourth-order valence-electron chi connectivity index (χ4n) is 9.37. The number of aromatic nitrogens is 8. The van der Waals surface area contributed by atoms with Crippen LogP contribution in [0.2, 0.25) is 30.8 Å². The van der Waals surface area contributed by atoms with E-state index in [1.54, 1.807) is 128 Å². The van der Waals surface area contributed by atoms with E-state index in [0.717, 1.165) is 78.9 Å². The number of alkyl carbamates (subject to hydrolysis) is 1. The summed E-state index contributed by atoms with van der Waals surface area (Å²) in [5, 5.41) is 28.7. The summed E-state index contributed by atoms with van der Waals surface area (Å²) in [6.07, 6.45) is 15.5. The van der Waals surface area contributed by atoms with Gasteiger partial charge in [-0.2, -0.15) is 0 Å². The number of hydrogen-bond acceptors (Lipinski definition) is 20. The molecule has 0 unspecified atom stereocenters. The Morgan fingerprint density at radius 3 is 1.10 bits per heavy atom. The van der Waals surface area contributed by atoms with Crippen LogP contribution < -0.4 is 61.1 Å². The summed E-state index contributed by atoms with van der Waals surface area (Å²) in [4.78, 5) is 100. The summed E-state index contributed by atoms with van der Waals surface area (Å²) >= 11 is 28.4. The summed E-state index contributed by atoms with van der Waals surface area (Å²) in [7, 11) is -1.18. The van der Waals surface area contributed by atoms with Gasteiger partial charge >= 0.3 is 47.6 Å². The van der Waals surface area contributed by atoms with E-state index >= 15 is 0 Å². The normalized spacial score (nSPS) is 11.7. The molecule has 9 aromatic rings. The fourth-order valence-corrected chi connectivity index (χ4v) is 11.8. The van der Waals surface area contributed by atoms with Crippen molar-refractivity contribution in [1.82, 2.24) is 55.8 Å². The van der Waals surface area contributed by atoms with Crippen LogP contribution in [0.4, 0.5) is 4.79 Å². The minimum atomic E-state index is -1.18. The van der Waals surface area contributed by atoms with Crippen LogP contribution in [0, 0.1) is 0 Å². The van der Waals surface area contributed by atoms with Crippen molar-refractivity contribution in [2.24, 2.45) is 5.73 Å². The van der Waals surface area contributed by atoms with Gasteiger partial charge in [-0.3, -0.25) is 54.1 Å². The van der Waals surface area contributed by atoms with Crippen LogP contribution in [0.5, 0.6) is 5.75 Å². The summed E-state index contributed by atoms with van der Waals surface area (Å²) < 4.78 is 27.2. The van der Waals surface area contributed by atoms with Crippen molar-refractivity contribution in [2.75, 3.05) is 26.4 Å². The number of carbonyl (C=O) groups is 6. The molecule has 1 saturated heterocycles. The predicted octanol–water partition coefficient (Wildman–Crippen LogP) is 17.5. The summed E-state index contributed by atoms with van der Waals surface area (Å²) in [5.74, 6) is -1.67. The Hall–Kier alpha value is -6.37. The summed E-state index contributed by atoms with van der Waals surface area (Å²) in [6.45, 7) is 40.3. The molecule has 24 nitrogen and oxygen atoms in total. The Morgan fingerprint density at radius 1 is 0.471 bits per heavy atom. The number of benzene rings is 1. The monoisotopic (exact) mass is 2150 g/mol. The maximum Gasteiger partial charge on any atom is 1.00 e. The number of carboxylic acids is 2. The van der Waals surface area contributed by atoms with Crippen LogP contribution in [0.1, 0.15) is 176 Å². The number of hydrogen-bond donors (Lipinski definition) is 5. The molecule has 3 amide bonds. The number of nitrogens with two attached hydrogens (primary N) is 1. The zero-order chi connectivity index (χ0) is 91.0. The van der Waals surface area contributed by atoms with Gasteiger partial charge in [-0.25, -0.2) is 9.78 Å². The average molecular weight is 2160 g/mol. The summed E-state index contributed by atoms with van der Waals surface area (Å²) in [5.41, 5.74) is 7.55. The van der Waals surface area contributed by atoms with E-state index < -0.39 is 59.0 Å². The largest absolute Gasteiger partial charge is 1.00 e. The van der Waals surface area contributed by atoms with Gasteiger partial charge in [0.25, 0.3) is 0 Å². The van der Waals surface area contributed by atoms with Gasteiger partial charge in [0.1, 0.15) is 28.3 Å². The number of ether oxygens (including phenoxy) is 4. The third kappa shape index (κ3) is 45.4. The van der Waals surface area contributed by atoms with Gasteiger partial charge in [0.05, 0.1) is 87.4 Å². The molecule has 34 heteroatoms. The topological polar surface area (TPSA) is 348 Å². The van der Waals surface area contributed by atoms with E-state index in [1.165, 1.54) is 26.7 Å². The average Bonchev–Trinajstić information content (AvgIpc) is 0.840. The number of amides is 3. The Morgan fingerprint density at radius 2 is 0.810 bits per heavy atom. The predicted molar refractivity (Wildman–Crippen MR) is 499 cm³/mol. The molecule has 0 bridgehead atoms. The zero-order valence-corrected chi connectivity index (χ0v) is 87.4. The maximum absolute atomic E-state index is 11.8. The number of esters is 1. The van der Waals surface area contributed by atoms with Gasteiger partial charge in [-0.1, -0.05) is 61.6 Å². The van der Waals surface area contributed by atoms with Crippen molar-refractivity contribution in [3.8, 4) is 5.75 Å². The first kappa shape index (κ1) is 113. The van der Waals surface area contributed by atoms with E-state index in [1.807, 2.05) is 152 Å². The third-order valence-corrected chi connectivity index (χ3v) is 21.9. The Bertz CT molecular complexity index is 4490. The molecule has 0 aliphatic carbocycles. The fraction of sp³-hybridized carbons (Fsp3) is 0.402. The molecule has 0 radical (unpaired) electrons. The van der Waals surface area contributed by atoms with Crippen LogP contribution in [0.15, 0.2) is 208 Å². The van der Waals surface area contributed by atoms with Crippen molar-refractivity contribution in [1.29, 1.82) is 0 Å². The molecule has 121 heavy (non-hydrogen) atoms. The van der Waals surface area contributed by atoms with Crippen molar-refractivity contribution in [3.05, 3.63) is 259 Å². The molecule has 1 fully saturated rings. The Balaban J connectivity index is 0.000000693. The van der Waals surface area contributed by atoms with Gasteiger partial charge in [-0.05, 0) is 337 Å². The van der Waals surface area contributed by atoms with Gasteiger partial charge in [-0.15, -0.1) is 0 Å². The summed E-state index contributed by atoms with van der Waals surface area (Å²) in [6, 6.07) is 40.3. The first-order chi connectivity index (χ1) is 55.6. The number of nitrogens with zero attached hydrogens (tertiary/aromatic N) is 8. The molecule has 6 N–H and O–H groups in total. The van der Waals surface area contributed by atoms with Crippen LogP contribution in [-0.4, -0.2) is 115 Å². The number of rotatable bonds is 20. The van der Waals surface area contributed by atoms with Gasteiger partial charge < -0.3 is 55.6 Å². The Kier molecular flexibility index (Phi) is 50.7. The quantitative estimate of drug-likeness (QED) is 0.0269. The molecular formula is C87H111Br7ClN12NaO12Si. The molecule has 0 saturated carbocycles. The van der Waals surface area contributed by atoms with Gasteiger partial charge in [0.15, 0.2) is 0 Å². The molecule has 1 aliphatic rings. The first-order valence-electron chi connectivity index (χ1n) is 37.8. The third-order valence-electron chi connectivity index (χ3n) is 16.7. The number of carboxylic acid groups (broad SMARTS) is 2. The number of carbonyl (C=O) groups excluding carboxylic acids is 5. The van der Waals surface area contributed by atoms with Crippen molar-refractivity contribution >= 4 is 167 Å². The van der Waals surface area contributed by atoms with E-state index in [-0.39, 0.29) is 52.9 Å². The molecule has 1 aromatic carbocycles. The minimum Gasteiger partial charge on any atom is -0.549 e. The zero-order valence-electron chi connectivity index (χ0n) is 72.5. The molecule has 0 spiro atoms. The molecule has 652 valence electrons. The van der Waals surface area contributed by atoms with Crippen molar-refractivity contribution in [2.45, 2.75) is 201 Å². The SMILES string of the molecule is C1CCOC1.CC(=O)NC(C)(C)c1ccc(Br)cn1.CC(=O)NC(C)(C)c1ccc(OCc2ccccc2)cn1.CC(C)(C(=O)O)c1ccc(Br)cn1.CC(C)(C(=O)[O-])c1ccc(Br)cn1.CC(C)(N)c1ccc(Br)cn1.CC(C)(NC(=O)OCC[Si](C)(C)C)c1ccc(Br)cn1.CCOC(=O)C(C)(C)c1ccc(Br)cn1.Clc1ccc(Br)cn1.[Na+]. The van der Waals surface area contributed by atoms with E-state index in [9.17, 15) is 33.9 Å². The standard InChI is InChI=1S/C17H20N2O2.C14H23BrN2O2Si.C11H14BrNO2.C10H13BrN2O.2C9H10BrNO2.C8H11BrN2.C5H3BrClN.C4H8O.Na/c1-13(20)19-17(2,3)16-10-9-15(11-18-16)21-12-14-7-5-4-6-8-14;1-14(2,12-7-6-11(15)10-16-12)17-13(18)19-8-9-20(3,4)5;1-4-15-10(14)11(2,3)9-6-5-8(12)7-13-9;1-7(14)13-10(2,3)9-5-4-8(11)6-12-9;2*1-9(2,8(12)13)7-4-3-6(10)5-11-7;1-8(2,10)7-4-3-6(9)5-11-7;6-4-1-2-5(7)8-3-4;1-2-4-5-3-1;/h4-11H,12H2,1-3H3,(H,19,20);6-7,10H,8-9H2,1-5H3,(H,17,18);5-7H,4H2,1-3H3;4-6H,1-3H3,(H,13,14);2*3-5H,1-2H3,(H,12,13);3-5H,10H2,1-2H3;1-3H;1-4H2;/q;;;;;;;;;+1/p-1. The number of pyridine rings is 8. The molecule has 0 atom stereocenters. The molecule has 10 rings (SSSR count). The second-order valence-electron chi connectivity index (χ2n) is 31.7. The molecule has 1 aliphatic heterocycles.